The number of rotatable bonds is 4. The lowest BCUT2D eigenvalue weighted by molar-refractivity contribution is -0.133. The van der Waals surface area contributed by atoms with E-state index in [4.69, 9.17) is 0 Å². The van der Waals surface area contributed by atoms with E-state index in [0.29, 0.717) is 12.0 Å². The Hall–Kier alpha value is -3.01. The Labute approximate surface area is 162 Å². The monoisotopic (exact) mass is 398 g/mol. The Morgan fingerprint density at radius 1 is 1.11 bits per heavy atom. The summed E-state index contributed by atoms with van der Waals surface area (Å²) < 4.78 is 29.3. The van der Waals surface area contributed by atoms with Crippen LogP contribution < -0.4 is 5.48 Å². The highest BCUT2D eigenvalue weighted by atomic mass is 32.2. The molecular weight excluding hydrogens is 380 g/mol. The number of aromatic nitrogens is 2. The zero-order valence-corrected chi connectivity index (χ0v) is 15.6. The summed E-state index contributed by atoms with van der Waals surface area (Å²) in [7, 11) is -3.96. The van der Waals surface area contributed by atoms with E-state index in [1.165, 1.54) is 12.1 Å². The number of sulfonamides is 1. The normalized spacial score (nSPS) is 17.1. The molecule has 1 aromatic heterocycles. The van der Waals surface area contributed by atoms with E-state index in [1.54, 1.807) is 52.9 Å². The van der Waals surface area contributed by atoms with Crippen LogP contribution >= 0.6 is 0 Å². The third-order valence-corrected chi connectivity index (χ3v) is 6.69. The van der Waals surface area contributed by atoms with Gasteiger partial charge in [-0.2, -0.15) is 9.40 Å². The predicted octanol–water partition coefficient (Wildman–Crippen LogP) is 1.67. The Bertz CT molecular complexity index is 1100. The van der Waals surface area contributed by atoms with Gasteiger partial charge in [0.15, 0.2) is 0 Å². The third-order valence-electron chi connectivity index (χ3n) is 4.81. The van der Waals surface area contributed by atoms with Gasteiger partial charge in [0.05, 0.1) is 10.6 Å². The van der Waals surface area contributed by atoms with Crippen molar-refractivity contribution in [3.8, 4) is 5.69 Å². The highest BCUT2D eigenvalue weighted by Crippen LogP contribution is 2.34. The van der Waals surface area contributed by atoms with Crippen LogP contribution in [0, 0.1) is 0 Å². The van der Waals surface area contributed by atoms with Gasteiger partial charge in [0.2, 0.25) is 10.0 Å². The first-order chi connectivity index (χ1) is 13.5. The standard InChI is InChI=1S/C19H18N4O4S/c24-19(21-25)18-17-5-2-1-4-14(17)10-13-23(18)28(26,27)16-8-6-15(7-9-16)22-12-3-11-20-22/h1-9,11-12,18,25H,10,13H2,(H,21,24)/t18-/m0/s1. The Kier molecular flexibility index (Phi) is 4.71. The number of carbonyl (C=O) groups is 1. The number of hydroxylamine groups is 1. The first-order valence-corrected chi connectivity index (χ1v) is 10.1. The Morgan fingerprint density at radius 2 is 1.86 bits per heavy atom. The fraction of sp³-hybridized carbons (Fsp3) is 0.158. The van der Waals surface area contributed by atoms with Gasteiger partial charge in [-0.15, -0.1) is 0 Å². The lowest BCUT2D eigenvalue weighted by Crippen LogP contribution is -2.46. The molecule has 2 N–H and O–H groups in total. The van der Waals surface area contributed by atoms with Crippen molar-refractivity contribution >= 4 is 15.9 Å². The van der Waals surface area contributed by atoms with Gasteiger partial charge in [0.25, 0.3) is 5.91 Å². The van der Waals surface area contributed by atoms with Crippen LogP contribution in [0.5, 0.6) is 0 Å². The van der Waals surface area contributed by atoms with E-state index in [1.807, 2.05) is 12.1 Å². The van der Waals surface area contributed by atoms with E-state index >= 15 is 0 Å². The smallest absolute Gasteiger partial charge is 0.266 e. The maximum atomic E-state index is 13.3. The number of hydrogen-bond donors (Lipinski definition) is 2. The van der Waals surface area contributed by atoms with Gasteiger partial charge >= 0.3 is 0 Å². The number of nitrogens with zero attached hydrogens (tertiary/aromatic N) is 3. The van der Waals surface area contributed by atoms with E-state index in [9.17, 15) is 18.4 Å². The molecule has 0 radical (unpaired) electrons. The lowest BCUT2D eigenvalue weighted by Gasteiger charge is -2.34. The molecular formula is C19H18N4O4S. The summed E-state index contributed by atoms with van der Waals surface area (Å²) in [6.45, 7) is 0.137. The third kappa shape index (κ3) is 3.09. The molecule has 0 saturated carbocycles. The highest BCUT2D eigenvalue weighted by molar-refractivity contribution is 7.89. The first kappa shape index (κ1) is 18.4. The quantitative estimate of drug-likeness (QED) is 0.514. The van der Waals surface area contributed by atoms with Crippen LogP contribution in [0.1, 0.15) is 17.2 Å². The molecule has 2 aromatic carbocycles. The van der Waals surface area contributed by atoms with Crippen LogP contribution in [0.25, 0.3) is 5.69 Å². The average molecular weight is 398 g/mol. The van der Waals surface area contributed by atoms with Crippen LogP contribution in [0.2, 0.25) is 0 Å². The summed E-state index contributed by atoms with van der Waals surface area (Å²) in [5.41, 5.74) is 3.77. The van der Waals surface area contributed by atoms with Crippen molar-refractivity contribution in [2.75, 3.05) is 6.54 Å². The number of fused-ring (bicyclic) bond motifs is 1. The van der Waals surface area contributed by atoms with E-state index in [0.717, 1.165) is 15.6 Å². The van der Waals surface area contributed by atoms with Crippen LogP contribution in [-0.2, 0) is 21.2 Å². The molecule has 0 bridgehead atoms. The first-order valence-electron chi connectivity index (χ1n) is 8.66. The van der Waals surface area contributed by atoms with Gasteiger partial charge in [-0.25, -0.2) is 18.6 Å². The predicted molar refractivity (Wildman–Crippen MR) is 100 cm³/mol. The summed E-state index contributed by atoms with van der Waals surface area (Å²) in [5, 5.41) is 13.3. The second kappa shape index (κ2) is 7.19. The molecule has 0 fully saturated rings. The molecule has 1 aliphatic heterocycles. The fourth-order valence-electron chi connectivity index (χ4n) is 3.46. The summed E-state index contributed by atoms with van der Waals surface area (Å²) in [6, 6.07) is 14.1. The molecule has 0 spiro atoms. The van der Waals surface area contributed by atoms with E-state index in [2.05, 4.69) is 5.10 Å². The molecule has 0 aliphatic carbocycles. The molecule has 1 aliphatic rings. The lowest BCUT2D eigenvalue weighted by atomic mass is 9.94. The Balaban J connectivity index is 1.73. The van der Waals surface area contributed by atoms with Crippen molar-refractivity contribution in [3.05, 3.63) is 78.1 Å². The molecule has 0 unspecified atom stereocenters. The largest absolute Gasteiger partial charge is 0.289 e. The van der Waals surface area contributed by atoms with Crippen LogP contribution in [0.3, 0.4) is 0 Å². The zero-order valence-electron chi connectivity index (χ0n) is 14.8. The molecule has 4 rings (SSSR count). The van der Waals surface area contributed by atoms with Crippen LogP contribution in [0.4, 0.5) is 0 Å². The SMILES string of the molecule is O=C(NO)[C@@H]1c2ccccc2CCN1S(=O)(=O)c1ccc(-n2cccn2)cc1. The van der Waals surface area contributed by atoms with Crippen molar-refractivity contribution in [2.24, 2.45) is 0 Å². The van der Waals surface area contributed by atoms with Crippen molar-refractivity contribution in [1.29, 1.82) is 0 Å². The highest BCUT2D eigenvalue weighted by Gasteiger charge is 2.40. The molecule has 28 heavy (non-hydrogen) atoms. The summed E-state index contributed by atoms with van der Waals surface area (Å²) in [5.74, 6) is -0.788. The van der Waals surface area contributed by atoms with Gasteiger partial charge in [0, 0.05) is 18.9 Å². The minimum atomic E-state index is -3.96. The van der Waals surface area contributed by atoms with Gasteiger partial charge in [-0.3, -0.25) is 10.0 Å². The molecule has 8 nitrogen and oxygen atoms in total. The van der Waals surface area contributed by atoms with Crippen LogP contribution in [0.15, 0.2) is 71.9 Å². The summed E-state index contributed by atoms with van der Waals surface area (Å²) in [6.07, 6.45) is 3.87. The minimum Gasteiger partial charge on any atom is -0.289 e. The van der Waals surface area contributed by atoms with Crippen LogP contribution in [-0.4, -0.2) is 40.2 Å². The summed E-state index contributed by atoms with van der Waals surface area (Å²) in [4.78, 5) is 12.4. The topological polar surface area (TPSA) is 105 Å². The minimum absolute atomic E-state index is 0.0681. The maximum Gasteiger partial charge on any atom is 0.266 e. The molecule has 144 valence electrons. The zero-order chi connectivity index (χ0) is 19.7. The van der Waals surface area contributed by atoms with E-state index < -0.39 is 22.0 Å². The number of carbonyl (C=O) groups excluding carboxylic acids is 1. The maximum absolute atomic E-state index is 13.3. The second-order valence-corrected chi connectivity index (χ2v) is 8.28. The van der Waals surface area contributed by atoms with Gasteiger partial charge in [0.1, 0.15) is 6.04 Å². The van der Waals surface area contributed by atoms with Gasteiger partial charge in [-0.05, 0) is 47.9 Å². The fourth-order valence-corrected chi connectivity index (χ4v) is 5.03. The molecule has 1 atom stereocenters. The summed E-state index contributed by atoms with van der Waals surface area (Å²) >= 11 is 0. The molecule has 2 heterocycles. The van der Waals surface area contributed by atoms with Crippen molar-refractivity contribution in [2.45, 2.75) is 17.4 Å². The molecule has 1 amide bonds. The van der Waals surface area contributed by atoms with E-state index in [-0.39, 0.29) is 11.4 Å². The molecule has 3 aromatic rings. The number of hydrogen-bond acceptors (Lipinski definition) is 5. The average Bonchev–Trinajstić information content (AvgIpc) is 3.27. The van der Waals surface area contributed by atoms with Gasteiger partial charge in [-0.1, -0.05) is 24.3 Å². The second-order valence-electron chi connectivity index (χ2n) is 6.39. The van der Waals surface area contributed by atoms with Crippen molar-refractivity contribution in [3.63, 3.8) is 0 Å². The Morgan fingerprint density at radius 3 is 2.54 bits per heavy atom. The van der Waals surface area contributed by atoms with Gasteiger partial charge < -0.3 is 0 Å². The van der Waals surface area contributed by atoms with Crippen molar-refractivity contribution < 1.29 is 18.4 Å². The molecule has 9 heteroatoms. The molecule has 0 saturated heterocycles. The van der Waals surface area contributed by atoms with Crippen molar-refractivity contribution in [1.82, 2.24) is 19.6 Å². The number of nitrogens with one attached hydrogen (secondary N) is 1. The number of amides is 1. The number of benzene rings is 2.